The minimum atomic E-state index is -0.899. The zero-order valence-corrected chi connectivity index (χ0v) is 14.5. The lowest BCUT2D eigenvalue weighted by molar-refractivity contribution is 0.462. The van der Waals surface area contributed by atoms with Crippen LogP contribution < -0.4 is 5.32 Å². The van der Waals surface area contributed by atoms with Gasteiger partial charge in [-0.05, 0) is 56.8 Å². The van der Waals surface area contributed by atoms with E-state index < -0.39 is 10.8 Å². The summed E-state index contributed by atoms with van der Waals surface area (Å²) in [4.78, 5) is 1.05. The second-order valence-corrected chi connectivity index (χ2v) is 7.94. The van der Waals surface area contributed by atoms with E-state index in [9.17, 15) is 4.21 Å². The molecule has 0 radical (unpaired) electrons. The summed E-state index contributed by atoms with van der Waals surface area (Å²) in [6.45, 7) is 7.39. The first kappa shape index (κ1) is 16.7. The van der Waals surface area contributed by atoms with E-state index >= 15 is 0 Å². The van der Waals surface area contributed by atoms with Crippen molar-refractivity contribution in [3.05, 3.63) is 29.3 Å². The van der Waals surface area contributed by atoms with E-state index in [0.29, 0.717) is 6.04 Å². The van der Waals surface area contributed by atoms with E-state index in [-0.39, 0.29) is 5.25 Å². The fraction of sp³-hybridized carbons (Fsp3) is 0.667. The SMILES string of the molecule is CCCNC1CCCCCC1S(=O)c1cc(C)ccc1C. The molecule has 3 atom stereocenters. The first-order valence-electron chi connectivity index (χ1n) is 8.34. The molecule has 1 saturated carbocycles. The monoisotopic (exact) mass is 307 g/mol. The van der Waals surface area contributed by atoms with Crippen LogP contribution >= 0.6 is 0 Å². The first-order valence-corrected chi connectivity index (χ1v) is 9.56. The number of hydrogen-bond acceptors (Lipinski definition) is 2. The molecule has 118 valence electrons. The van der Waals surface area contributed by atoms with Crippen molar-refractivity contribution in [2.24, 2.45) is 0 Å². The van der Waals surface area contributed by atoms with Gasteiger partial charge in [0.1, 0.15) is 0 Å². The van der Waals surface area contributed by atoms with E-state index in [0.717, 1.165) is 29.8 Å². The van der Waals surface area contributed by atoms with Crippen LogP contribution in [0.25, 0.3) is 0 Å². The Labute approximate surface area is 132 Å². The van der Waals surface area contributed by atoms with Crippen molar-refractivity contribution < 1.29 is 4.21 Å². The minimum Gasteiger partial charge on any atom is -0.313 e. The molecule has 0 aromatic heterocycles. The van der Waals surface area contributed by atoms with Crippen molar-refractivity contribution in [3.63, 3.8) is 0 Å². The molecular formula is C18H29NOS. The highest BCUT2D eigenvalue weighted by Gasteiger charge is 2.29. The maximum absolute atomic E-state index is 13.2. The zero-order chi connectivity index (χ0) is 15.2. The molecule has 0 amide bonds. The Morgan fingerprint density at radius 3 is 2.71 bits per heavy atom. The summed E-state index contributed by atoms with van der Waals surface area (Å²) in [5.41, 5.74) is 2.37. The summed E-state index contributed by atoms with van der Waals surface area (Å²) in [7, 11) is -0.899. The van der Waals surface area contributed by atoms with Crippen molar-refractivity contribution in [1.29, 1.82) is 0 Å². The molecule has 3 heteroatoms. The van der Waals surface area contributed by atoms with Gasteiger partial charge < -0.3 is 5.32 Å². The highest BCUT2D eigenvalue weighted by Crippen LogP contribution is 2.27. The summed E-state index contributed by atoms with van der Waals surface area (Å²) in [5, 5.41) is 3.92. The van der Waals surface area contributed by atoms with Crippen LogP contribution in [0.5, 0.6) is 0 Å². The Bertz CT molecular complexity index is 486. The Morgan fingerprint density at radius 1 is 1.19 bits per heavy atom. The van der Waals surface area contributed by atoms with Crippen LogP contribution in [0.3, 0.4) is 0 Å². The molecule has 2 nitrogen and oxygen atoms in total. The number of rotatable bonds is 5. The second kappa shape index (κ2) is 8.09. The number of benzene rings is 1. The third kappa shape index (κ3) is 4.40. The van der Waals surface area contributed by atoms with Gasteiger partial charge in [0.25, 0.3) is 0 Å². The maximum atomic E-state index is 13.2. The highest BCUT2D eigenvalue weighted by atomic mass is 32.2. The molecule has 0 saturated heterocycles. The van der Waals surface area contributed by atoms with Crippen LogP contribution in [0.1, 0.15) is 56.6 Å². The standard InChI is InChI=1S/C18H29NOS/c1-4-12-19-16-8-6-5-7-9-17(16)21(20)18-13-14(2)10-11-15(18)3/h10-11,13,16-17,19H,4-9,12H2,1-3H3. The molecular weight excluding hydrogens is 278 g/mol. The third-order valence-electron chi connectivity index (χ3n) is 4.44. The van der Waals surface area contributed by atoms with Crippen LogP contribution in [-0.4, -0.2) is 22.0 Å². The molecule has 21 heavy (non-hydrogen) atoms. The molecule has 0 aliphatic heterocycles. The van der Waals surface area contributed by atoms with Crippen molar-refractivity contribution in [1.82, 2.24) is 5.32 Å². The van der Waals surface area contributed by atoms with E-state index in [1.165, 1.54) is 31.2 Å². The molecule has 1 aromatic rings. The summed E-state index contributed by atoms with van der Waals surface area (Å²) >= 11 is 0. The molecule has 1 aliphatic carbocycles. The predicted octanol–water partition coefficient (Wildman–Crippen LogP) is 4.11. The molecule has 1 N–H and O–H groups in total. The Morgan fingerprint density at radius 2 is 1.95 bits per heavy atom. The number of aryl methyl sites for hydroxylation is 2. The van der Waals surface area contributed by atoms with Crippen molar-refractivity contribution in [2.45, 2.75) is 75.5 Å². The van der Waals surface area contributed by atoms with E-state index in [4.69, 9.17) is 0 Å². The fourth-order valence-corrected chi connectivity index (χ4v) is 5.11. The molecule has 1 fully saturated rings. The molecule has 1 aromatic carbocycles. The molecule has 0 spiro atoms. The molecule has 0 heterocycles. The maximum Gasteiger partial charge on any atom is 0.0579 e. The van der Waals surface area contributed by atoms with Gasteiger partial charge in [-0.2, -0.15) is 0 Å². The predicted molar refractivity (Wildman–Crippen MR) is 91.3 cm³/mol. The molecule has 3 unspecified atom stereocenters. The van der Waals surface area contributed by atoms with Gasteiger partial charge >= 0.3 is 0 Å². The summed E-state index contributed by atoms with van der Waals surface area (Å²) in [6, 6.07) is 6.74. The quantitative estimate of drug-likeness (QED) is 0.829. The number of hydrogen-bond donors (Lipinski definition) is 1. The van der Waals surface area contributed by atoms with Crippen LogP contribution in [0.2, 0.25) is 0 Å². The van der Waals surface area contributed by atoms with Crippen LogP contribution in [0, 0.1) is 13.8 Å². The van der Waals surface area contributed by atoms with E-state index in [1.807, 2.05) is 0 Å². The van der Waals surface area contributed by atoms with Crippen LogP contribution in [-0.2, 0) is 10.8 Å². The molecule has 0 bridgehead atoms. The van der Waals surface area contributed by atoms with Gasteiger partial charge in [0.2, 0.25) is 0 Å². The van der Waals surface area contributed by atoms with Gasteiger partial charge in [0, 0.05) is 10.9 Å². The number of nitrogens with one attached hydrogen (secondary N) is 1. The first-order chi connectivity index (χ1) is 10.1. The normalized spacial score (nSPS) is 24.5. The molecule has 2 rings (SSSR count). The average molecular weight is 308 g/mol. The van der Waals surface area contributed by atoms with Crippen LogP contribution in [0.4, 0.5) is 0 Å². The van der Waals surface area contributed by atoms with Gasteiger partial charge in [0.15, 0.2) is 0 Å². The average Bonchev–Trinajstić information content (AvgIpc) is 2.72. The summed E-state index contributed by atoms with van der Waals surface area (Å²) < 4.78 is 13.2. The topological polar surface area (TPSA) is 29.1 Å². The third-order valence-corrected chi connectivity index (χ3v) is 6.43. The van der Waals surface area contributed by atoms with Gasteiger partial charge in [-0.25, -0.2) is 0 Å². The van der Waals surface area contributed by atoms with E-state index in [2.05, 4.69) is 44.3 Å². The van der Waals surface area contributed by atoms with Crippen LogP contribution in [0.15, 0.2) is 23.1 Å². The zero-order valence-electron chi connectivity index (χ0n) is 13.7. The smallest absolute Gasteiger partial charge is 0.0579 e. The van der Waals surface area contributed by atoms with Crippen molar-refractivity contribution in [2.75, 3.05) is 6.54 Å². The lowest BCUT2D eigenvalue weighted by Gasteiger charge is -2.26. The van der Waals surface area contributed by atoms with E-state index in [1.54, 1.807) is 0 Å². The minimum absolute atomic E-state index is 0.263. The highest BCUT2D eigenvalue weighted by molar-refractivity contribution is 7.85. The Balaban J connectivity index is 2.22. The molecule has 1 aliphatic rings. The Kier molecular flexibility index (Phi) is 6.43. The van der Waals surface area contributed by atoms with Gasteiger partial charge in [0.05, 0.1) is 16.0 Å². The summed E-state index contributed by atoms with van der Waals surface area (Å²) in [5.74, 6) is 0. The lowest BCUT2D eigenvalue weighted by atomic mass is 10.1. The Hall–Kier alpha value is -0.670. The van der Waals surface area contributed by atoms with Crippen molar-refractivity contribution in [3.8, 4) is 0 Å². The fourth-order valence-electron chi connectivity index (χ4n) is 3.18. The second-order valence-electron chi connectivity index (χ2n) is 6.30. The van der Waals surface area contributed by atoms with Gasteiger partial charge in [-0.15, -0.1) is 0 Å². The summed E-state index contributed by atoms with van der Waals surface area (Å²) in [6.07, 6.45) is 7.15. The largest absolute Gasteiger partial charge is 0.313 e. The van der Waals surface area contributed by atoms with Gasteiger partial charge in [-0.1, -0.05) is 38.3 Å². The lowest BCUT2D eigenvalue weighted by Crippen LogP contribution is -2.42. The van der Waals surface area contributed by atoms with Gasteiger partial charge in [-0.3, -0.25) is 4.21 Å². The van der Waals surface area contributed by atoms with Crippen molar-refractivity contribution >= 4 is 10.8 Å².